The van der Waals surface area contributed by atoms with Gasteiger partial charge in [0, 0.05) is 23.1 Å². The Labute approximate surface area is 92.9 Å². The molecule has 0 spiro atoms. The smallest absolute Gasteiger partial charge is 0.118 e. The van der Waals surface area contributed by atoms with E-state index in [0.29, 0.717) is 18.1 Å². The van der Waals surface area contributed by atoms with Gasteiger partial charge in [0.15, 0.2) is 0 Å². The average Bonchev–Trinajstić information content (AvgIpc) is 2.51. The maximum absolute atomic E-state index is 11.4. The van der Waals surface area contributed by atoms with Crippen LogP contribution in [-0.2, 0) is 23.1 Å². The molecule has 1 heterocycles. The van der Waals surface area contributed by atoms with Crippen molar-refractivity contribution in [2.45, 2.75) is 12.3 Å². The van der Waals surface area contributed by atoms with E-state index >= 15 is 0 Å². The van der Waals surface area contributed by atoms with Gasteiger partial charge in [-0.1, -0.05) is 0 Å². The Morgan fingerprint density at radius 2 is 2.07 bits per heavy atom. The van der Waals surface area contributed by atoms with Crippen LogP contribution in [0.1, 0.15) is 11.5 Å². The summed E-state index contributed by atoms with van der Waals surface area (Å²) in [5, 5.41) is 0. The molecule has 2 N–H and O–H groups in total. The first-order chi connectivity index (χ1) is 7.11. The van der Waals surface area contributed by atoms with Gasteiger partial charge in [-0.15, -0.1) is 0 Å². The highest BCUT2D eigenvalue weighted by atomic mass is 32.2. The van der Waals surface area contributed by atoms with Gasteiger partial charge in [0.2, 0.25) is 0 Å². The topological polar surface area (TPSA) is 59.5 Å². The maximum Gasteiger partial charge on any atom is 0.118 e. The molecule has 0 aromatic carbocycles. The van der Waals surface area contributed by atoms with Crippen LogP contribution in [0.25, 0.3) is 0 Å². The van der Waals surface area contributed by atoms with Crippen molar-refractivity contribution in [3.63, 3.8) is 0 Å². The van der Waals surface area contributed by atoms with Crippen molar-refractivity contribution in [1.29, 1.82) is 0 Å². The van der Waals surface area contributed by atoms with Gasteiger partial charge >= 0.3 is 0 Å². The first-order valence-corrected chi connectivity index (χ1v) is 6.38. The Hall–Kier alpha value is -0.650. The van der Waals surface area contributed by atoms with Gasteiger partial charge in [-0.2, -0.15) is 0 Å². The van der Waals surface area contributed by atoms with Gasteiger partial charge in [0.1, 0.15) is 11.5 Å². The van der Waals surface area contributed by atoms with Gasteiger partial charge in [-0.05, 0) is 26.2 Å². The quantitative estimate of drug-likeness (QED) is 0.775. The van der Waals surface area contributed by atoms with Gasteiger partial charge in [-0.3, -0.25) is 4.21 Å². The predicted octanol–water partition coefficient (Wildman–Crippen LogP) is 0.549. The molecule has 15 heavy (non-hydrogen) atoms. The normalized spacial score (nSPS) is 13.3. The Kier molecular flexibility index (Phi) is 5.01. The molecule has 0 aliphatic rings. The van der Waals surface area contributed by atoms with Gasteiger partial charge in [0.05, 0.1) is 12.3 Å². The van der Waals surface area contributed by atoms with E-state index in [0.717, 1.165) is 18.1 Å². The largest absolute Gasteiger partial charge is 0.464 e. The fraction of sp³-hybridized carbons (Fsp3) is 0.600. The third-order valence-corrected chi connectivity index (χ3v) is 3.14. The first kappa shape index (κ1) is 12.4. The highest BCUT2D eigenvalue weighted by molar-refractivity contribution is 7.84. The van der Waals surface area contributed by atoms with Crippen LogP contribution in [0.3, 0.4) is 0 Å². The summed E-state index contributed by atoms with van der Waals surface area (Å²) in [6.07, 6.45) is 0. The zero-order valence-electron chi connectivity index (χ0n) is 9.23. The molecule has 0 saturated heterocycles. The predicted molar refractivity (Wildman–Crippen MR) is 61.9 cm³/mol. The highest BCUT2D eigenvalue weighted by Crippen LogP contribution is 2.11. The van der Waals surface area contributed by atoms with Crippen molar-refractivity contribution in [3.8, 4) is 0 Å². The van der Waals surface area contributed by atoms with Crippen molar-refractivity contribution in [2.75, 3.05) is 26.4 Å². The number of hydrogen-bond acceptors (Lipinski definition) is 4. The van der Waals surface area contributed by atoms with Crippen molar-refractivity contribution in [1.82, 2.24) is 4.90 Å². The summed E-state index contributed by atoms with van der Waals surface area (Å²) in [7, 11) is 3.06. The summed E-state index contributed by atoms with van der Waals surface area (Å²) in [4.78, 5) is 2.03. The van der Waals surface area contributed by atoms with Crippen LogP contribution in [0.4, 0.5) is 0 Å². The van der Waals surface area contributed by atoms with Gasteiger partial charge in [-0.25, -0.2) is 0 Å². The molecular weight excluding hydrogens is 212 g/mol. The summed E-state index contributed by atoms with van der Waals surface area (Å²) in [6, 6.07) is 3.81. The van der Waals surface area contributed by atoms with Crippen LogP contribution in [0.15, 0.2) is 16.5 Å². The standard InChI is InChI=1S/C10H18N2O2S/c1-12(2)7-9-3-4-10(14-9)8-15(13)6-5-11/h3-4H,5-8,11H2,1-2H3. The minimum atomic E-state index is -0.903. The lowest BCUT2D eigenvalue weighted by Gasteiger charge is -2.05. The lowest BCUT2D eigenvalue weighted by atomic mass is 10.4. The molecule has 1 rings (SSSR count). The van der Waals surface area contributed by atoms with E-state index in [9.17, 15) is 4.21 Å². The Morgan fingerprint density at radius 3 is 2.67 bits per heavy atom. The monoisotopic (exact) mass is 230 g/mol. The summed E-state index contributed by atoms with van der Waals surface area (Å²) in [5.41, 5.74) is 5.32. The van der Waals surface area contributed by atoms with E-state index in [-0.39, 0.29) is 0 Å². The molecule has 86 valence electrons. The lowest BCUT2D eigenvalue weighted by Crippen LogP contribution is -2.11. The molecule has 0 bridgehead atoms. The maximum atomic E-state index is 11.4. The third-order valence-electron chi connectivity index (χ3n) is 1.84. The minimum absolute atomic E-state index is 0.456. The minimum Gasteiger partial charge on any atom is -0.464 e. The third kappa shape index (κ3) is 4.59. The number of nitrogens with two attached hydrogens (primary N) is 1. The fourth-order valence-electron chi connectivity index (χ4n) is 1.26. The van der Waals surface area contributed by atoms with Gasteiger partial charge < -0.3 is 15.1 Å². The molecule has 0 aliphatic carbocycles. The number of rotatable bonds is 6. The molecule has 0 saturated carbocycles. The molecule has 0 amide bonds. The van der Waals surface area contributed by atoms with E-state index in [2.05, 4.69) is 0 Å². The summed E-state index contributed by atoms with van der Waals surface area (Å²) < 4.78 is 16.9. The Morgan fingerprint density at radius 1 is 1.40 bits per heavy atom. The second-order valence-electron chi connectivity index (χ2n) is 3.68. The lowest BCUT2D eigenvalue weighted by molar-refractivity contribution is 0.344. The number of furan rings is 1. The second kappa shape index (κ2) is 6.05. The Bertz CT molecular complexity index is 323. The van der Waals surface area contributed by atoms with Crippen LogP contribution < -0.4 is 5.73 Å². The van der Waals surface area contributed by atoms with Crippen molar-refractivity contribution >= 4 is 10.8 Å². The van der Waals surface area contributed by atoms with E-state index in [1.165, 1.54) is 0 Å². The van der Waals surface area contributed by atoms with Crippen LogP contribution >= 0.6 is 0 Å². The van der Waals surface area contributed by atoms with Crippen LogP contribution in [0.2, 0.25) is 0 Å². The van der Waals surface area contributed by atoms with E-state index in [4.69, 9.17) is 10.2 Å². The Balaban J connectivity index is 2.49. The zero-order chi connectivity index (χ0) is 11.3. The van der Waals surface area contributed by atoms with E-state index in [1.807, 2.05) is 31.1 Å². The van der Waals surface area contributed by atoms with Crippen molar-refractivity contribution < 1.29 is 8.63 Å². The molecule has 1 aromatic rings. The van der Waals surface area contributed by atoms with Crippen molar-refractivity contribution in [3.05, 3.63) is 23.7 Å². The van der Waals surface area contributed by atoms with Crippen LogP contribution in [0.5, 0.6) is 0 Å². The number of nitrogens with zero attached hydrogens (tertiary/aromatic N) is 1. The fourth-order valence-corrected chi connectivity index (χ4v) is 2.14. The molecule has 1 aromatic heterocycles. The van der Waals surface area contributed by atoms with Gasteiger partial charge in [0.25, 0.3) is 0 Å². The molecule has 1 unspecified atom stereocenters. The van der Waals surface area contributed by atoms with E-state index < -0.39 is 10.8 Å². The number of hydrogen-bond donors (Lipinski definition) is 1. The molecule has 0 aliphatic heterocycles. The molecule has 1 atom stereocenters. The zero-order valence-corrected chi connectivity index (χ0v) is 10.0. The molecular formula is C10H18N2O2S. The van der Waals surface area contributed by atoms with Crippen LogP contribution in [0, 0.1) is 0 Å². The van der Waals surface area contributed by atoms with E-state index in [1.54, 1.807) is 0 Å². The summed E-state index contributed by atoms with van der Waals surface area (Å²) >= 11 is 0. The molecule has 0 fully saturated rings. The molecule has 5 heteroatoms. The first-order valence-electron chi connectivity index (χ1n) is 4.89. The second-order valence-corrected chi connectivity index (χ2v) is 5.26. The highest BCUT2D eigenvalue weighted by Gasteiger charge is 2.06. The average molecular weight is 230 g/mol. The molecule has 4 nitrogen and oxygen atoms in total. The van der Waals surface area contributed by atoms with Crippen LogP contribution in [-0.4, -0.2) is 35.5 Å². The van der Waals surface area contributed by atoms with Crippen molar-refractivity contribution in [2.24, 2.45) is 5.73 Å². The molecule has 0 radical (unpaired) electrons. The summed E-state index contributed by atoms with van der Waals surface area (Å²) in [5.74, 6) is 2.67. The SMILES string of the molecule is CN(C)Cc1ccc(CS(=O)CCN)o1. The summed E-state index contributed by atoms with van der Waals surface area (Å²) in [6.45, 7) is 1.22.